The molecule has 0 aliphatic heterocycles. The van der Waals surface area contributed by atoms with Gasteiger partial charge in [-0.2, -0.15) is 0 Å². The SMILES string of the molecule is CCCCCCOc1ccc(C(=O)NNC(=O)c2ccc(C(C)(C)C)cc2)cc1. The first-order valence-electron chi connectivity index (χ1n) is 10.3. The summed E-state index contributed by atoms with van der Waals surface area (Å²) in [5, 5.41) is 0. The summed E-state index contributed by atoms with van der Waals surface area (Å²) in [5.41, 5.74) is 7.01. The van der Waals surface area contributed by atoms with Gasteiger partial charge in [-0.1, -0.05) is 59.1 Å². The number of hydrazine groups is 1. The van der Waals surface area contributed by atoms with Gasteiger partial charge in [-0.05, 0) is 53.8 Å². The van der Waals surface area contributed by atoms with E-state index in [0.29, 0.717) is 17.7 Å². The van der Waals surface area contributed by atoms with Crippen molar-refractivity contribution in [3.63, 3.8) is 0 Å². The summed E-state index contributed by atoms with van der Waals surface area (Å²) in [6, 6.07) is 14.3. The minimum atomic E-state index is -0.376. The van der Waals surface area contributed by atoms with Crippen LogP contribution in [0.5, 0.6) is 5.75 Å². The summed E-state index contributed by atoms with van der Waals surface area (Å²) < 4.78 is 5.68. The highest BCUT2D eigenvalue weighted by atomic mass is 16.5. The third-order valence-corrected chi connectivity index (χ3v) is 4.69. The Labute approximate surface area is 173 Å². The molecule has 0 spiro atoms. The molecule has 2 N–H and O–H groups in total. The lowest BCUT2D eigenvalue weighted by Crippen LogP contribution is -2.41. The minimum Gasteiger partial charge on any atom is -0.494 e. The van der Waals surface area contributed by atoms with Crippen LogP contribution in [0.3, 0.4) is 0 Å². The van der Waals surface area contributed by atoms with Crippen LogP contribution in [0.4, 0.5) is 0 Å². The maximum absolute atomic E-state index is 12.2. The van der Waals surface area contributed by atoms with Crippen molar-refractivity contribution in [2.75, 3.05) is 6.61 Å². The van der Waals surface area contributed by atoms with Gasteiger partial charge >= 0.3 is 0 Å². The molecule has 0 radical (unpaired) electrons. The van der Waals surface area contributed by atoms with Crippen molar-refractivity contribution in [1.29, 1.82) is 0 Å². The monoisotopic (exact) mass is 396 g/mol. The van der Waals surface area contributed by atoms with E-state index in [1.807, 2.05) is 12.1 Å². The van der Waals surface area contributed by atoms with Gasteiger partial charge in [-0.15, -0.1) is 0 Å². The molecule has 0 aliphatic carbocycles. The highest BCUT2D eigenvalue weighted by Gasteiger charge is 2.14. The number of rotatable bonds is 8. The molecule has 0 aromatic heterocycles. The summed E-state index contributed by atoms with van der Waals surface area (Å²) in [6.45, 7) is 9.20. The van der Waals surface area contributed by atoms with E-state index in [4.69, 9.17) is 4.74 Å². The average molecular weight is 397 g/mol. The van der Waals surface area contributed by atoms with Gasteiger partial charge in [0, 0.05) is 11.1 Å². The molecule has 5 heteroatoms. The lowest BCUT2D eigenvalue weighted by molar-refractivity contribution is 0.0846. The van der Waals surface area contributed by atoms with Gasteiger partial charge in [0.15, 0.2) is 0 Å². The molecule has 2 rings (SSSR count). The lowest BCUT2D eigenvalue weighted by Gasteiger charge is -2.19. The molecule has 0 saturated heterocycles. The van der Waals surface area contributed by atoms with Crippen LogP contribution in [-0.2, 0) is 5.41 Å². The lowest BCUT2D eigenvalue weighted by atomic mass is 9.87. The molecule has 0 aliphatic rings. The number of hydrogen-bond donors (Lipinski definition) is 2. The molecule has 29 heavy (non-hydrogen) atoms. The predicted molar refractivity (Wildman–Crippen MR) is 116 cm³/mol. The predicted octanol–water partition coefficient (Wildman–Crippen LogP) is 5.02. The first-order chi connectivity index (χ1) is 13.8. The number of amides is 2. The summed E-state index contributed by atoms with van der Waals surface area (Å²) in [6.07, 6.45) is 4.60. The standard InChI is InChI=1S/C24H32N2O3/c1-5-6-7-8-17-29-21-15-11-19(12-16-21)23(28)26-25-22(27)18-9-13-20(14-10-18)24(2,3)4/h9-16H,5-8,17H2,1-4H3,(H,25,27)(H,26,28). The highest BCUT2D eigenvalue weighted by molar-refractivity contribution is 5.99. The number of carbonyl (C=O) groups excluding carboxylic acids is 2. The number of carbonyl (C=O) groups is 2. The van der Waals surface area contributed by atoms with E-state index in [-0.39, 0.29) is 17.2 Å². The third kappa shape index (κ3) is 7.26. The van der Waals surface area contributed by atoms with E-state index in [2.05, 4.69) is 38.5 Å². The number of hydrogen-bond acceptors (Lipinski definition) is 3. The molecule has 156 valence electrons. The molecule has 0 heterocycles. The number of nitrogens with one attached hydrogen (secondary N) is 2. The maximum Gasteiger partial charge on any atom is 0.269 e. The van der Waals surface area contributed by atoms with Gasteiger partial charge in [0.2, 0.25) is 0 Å². The summed E-state index contributed by atoms with van der Waals surface area (Å²) >= 11 is 0. The Balaban J connectivity index is 1.81. The van der Waals surface area contributed by atoms with Crippen molar-refractivity contribution in [3.8, 4) is 5.75 Å². The molecule has 5 nitrogen and oxygen atoms in total. The Morgan fingerprint density at radius 1 is 0.793 bits per heavy atom. The van der Waals surface area contributed by atoms with Crippen molar-refractivity contribution in [1.82, 2.24) is 10.9 Å². The summed E-state index contributed by atoms with van der Waals surface area (Å²) in [7, 11) is 0. The van der Waals surface area contributed by atoms with Crippen LogP contribution in [0.1, 0.15) is 79.7 Å². The normalized spacial score (nSPS) is 11.0. The average Bonchev–Trinajstić information content (AvgIpc) is 2.71. The summed E-state index contributed by atoms with van der Waals surface area (Å²) in [5.74, 6) is 0.00558. The molecule has 2 aromatic carbocycles. The van der Waals surface area contributed by atoms with Crippen LogP contribution in [0.25, 0.3) is 0 Å². The molecule has 0 fully saturated rings. The molecular formula is C24H32N2O3. The first-order valence-corrected chi connectivity index (χ1v) is 10.3. The Bertz CT molecular complexity index is 790. The molecular weight excluding hydrogens is 364 g/mol. The zero-order valence-electron chi connectivity index (χ0n) is 17.9. The Morgan fingerprint density at radius 2 is 1.31 bits per heavy atom. The number of benzene rings is 2. The second-order valence-electron chi connectivity index (χ2n) is 8.17. The maximum atomic E-state index is 12.2. The topological polar surface area (TPSA) is 67.4 Å². The van der Waals surface area contributed by atoms with Crippen LogP contribution >= 0.6 is 0 Å². The van der Waals surface area contributed by atoms with Gasteiger partial charge in [-0.25, -0.2) is 0 Å². The van der Waals surface area contributed by atoms with Crippen molar-refractivity contribution >= 4 is 11.8 Å². The van der Waals surface area contributed by atoms with Gasteiger partial charge < -0.3 is 4.74 Å². The fraction of sp³-hybridized carbons (Fsp3) is 0.417. The van der Waals surface area contributed by atoms with Gasteiger partial charge in [0.1, 0.15) is 5.75 Å². The third-order valence-electron chi connectivity index (χ3n) is 4.69. The quantitative estimate of drug-likeness (QED) is 0.486. The number of unbranched alkanes of at least 4 members (excludes halogenated alkanes) is 3. The Morgan fingerprint density at radius 3 is 1.79 bits per heavy atom. The van der Waals surface area contributed by atoms with Crippen molar-refractivity contribution < 1.29 is 14.3 Å². The van der Waals surface area contributed by atoms with Gasteiger partial charge in [0.25, 0.3) is 11.8 Å². The molecule has 0 unspecified atom stereocenters. The van der Waals surface area contributed by atoms with Crippen molar-refractivity contribution in [3.05, 3.63) is 65.2 Å². The fourth-order valence-corrected chi connectivity index (χ4v) is 2.80. The van der Waals surface area contributed by atoms with Crippen LogP contribution in [-0.4, -0.2) is 18.4 Å². The zero-order valence-corrected chi connectivity index (χ0v) is 17.9. The van der Waals surface area contributed by atoms with E-state index >= 15 is 0 Å². The van der Waals surface area contributed by atoms with E-state index in [9.17, 15) is 9.59 Å². The van der Waals surface area contributed by atoms with Crippen LogP contribution in [0.15, 0.2) is 48.5 Å². The fourth-order valence-electron chi connectivity index (χ4n) is 2.80. The number of ether oxygens (including phenoxy) is 1. The van der Waals surface area contributed by atoms with Gasteiger partial charge in [-0.3, -0.25) is 20.4 Å². The molecule has 2 amide bonds. The van der Waals surface area contributed by atoms with Crippen molar-refractivity contribution in [2.24, 2.45) is 0 Å². The largest absolute Gasteiger partial charge is 0.494 e. The molecule has 2 aromatic rings. The summed E-state index contributed by atoms with van der Waals surface area (Å²) in [4.78, 5) is 24.5. The van der Waals surface area contributed by atoms with E-state index in [1.165, 1.54) is 12.8 Å². The second kappa shape index (κ2) is 10.6. The van der Waals surface area contributed by atoms with Crippen LogP contribution < -0.4 is 15.6 Å². The Kier molecular flexibility index (Phi) is 8.25. The van der Waals surface area contributed by atoms with E-state index in [0.717, 1.165) is 24.2 Å². The minimum absolute atomic E-state index is 0.0224. The second-order valence-corrected chi connectivity index (χ2v) is 8.17. The molecule has 0 saturated carbocycles. The first kappa shape index (κ1) is 22.5. The van der Waals surface area contributed by atoms with Crippen LogP contribution in [0, 0.1) is 0 Å². The smallest absolute Gasteiger partial charge is 0.269 e. The van der Waals surface area contributed by atoms with E-state index in [1.54, 1.807) is 36.4 Å². The van der Waals surface area contributed by atoms with Crippen LogP contribution in [0.2, 0.25) is 0 Å². The molecule has 0 bridgehead atoms. The zero-order chi connectivity index (χ0) is 21.3. The van der Waals surface area contributed by atoms with Crippen molar-refractivity contribution in [2.45, 2.75) is 58.8 Å². The van der Waals surface area contributed by atoms with Gasteiger partial charge in [0.05, 0.1) is 6.61 Å². The Hall–Kier alpha value is -2.82. The highest BCUT2D eigenvalue weighted by Crippen LogP contribution is 2.22. The molecule has 0 atom stereocenters. The van der Waals surface area contributed by atoms with E-state index < -0.39 is 0 Å².